The summed E-state index contributed by atoms with van der Waals surface area (Å²) in [6.07, 6.45) is 4.24. The van der Waals surface area contributed by atoms with Crippen molar-refractivity contribution < 1.29 is 9.47 Å². The number of nitrogens with zero attached hydrogens (tertiary/aromatic N) is 3. The molecule has 162 valence electrons. The minimum absolute atomic E-state index is 0.265. The van der Waals surface area contributed by atoms with Crippen molar-refractivity contribution in [1.29, 1.82) is 0 Å². The Morgan fingerprint density at radius 1 is 0.968 bits per heavy atom. The standard InChI is InChI=1S/C25H30N4O2/c1-17-4-6-21(7-5-17)29-19(3)23(15-26-29)18(2)27-20-10-12-28(13-11-20)22-8-9-24-25(14-22)31-16-30-24/h4-9,14-15,18,20,27H,10-13,16H2,1-3H3. The van der Waals surface area contributed by atoms with E-state index in [0.29, 0.717) is 12.8 Å². The highest BCUT2D eigenvalue weighted by molar-refractivity contribution is 5.57. The maximum atomic E-state index is 5.53. The van der Waals surface area contributed by atoms with Crippen molar-refractivity contribution in [3.05, 3.63) is 65.5 Å². The van der Waals surface area contributed by atoms with Crippen LogP contribution >= 0.6 is 0 Å². The van der Waals surface area contributed by atoms with E-state index in [1.165, 1.54) is 22.5 Å². The van der Waals surface area contributed by atoms with Gasteiger partial charge in [0.1, 0.15) is 0 Å². The maximum absolute atomic E-state index is 5.53. The third-order valence-electron chi connectivity index (χ3n) is 6.49. The second kappa shape index (κ2) is 8.27. The molecule has 0 bridgehead atoms. The van der Waals surface area contributed by atoms with Gasteiger partial charge in [-0.25, -0.2) is 4.68 Å². The van der Waals surface area contributed by atoms with E-state index in [1.54, 1.807) is 0 Å². The molecule has 6 nitrogen and oxygen atoms in total. The summed E-state index contributed by atoms with van der Waals surface area (Å²) in [7, 11) is 0. The molecule has 0 spiro atoms. The predicted molar refractivity (Wildman–Crippen MR) is 122 cm³/mol. The summed E-state index contributed by atoms with van der Waals surface area (Å²) in [5.41, 5.74) is 6.04. The number of fused-ring (bicyclic) bond motifs is 1. The molecule has 2 aliphatic heterocycles. The van der Waals surface area contributed by atoms with Gasteiger partial charge in [-0.2, -0.15) is 5.10 Å². The number of anilines is 1. The van der Waals surface area contributed by atoms with Crippen LogP contribution in [0.15, 0.2) is 48.7 Å². The Labute approximate surface area is 183 Å². The Bertz CT molecular complexity index is 1050. The number of hydrogen-bond donors (Lipinski definition) is 1. The second-order valence-electron chi connectivity index (χ2n) is 8.62. The molecule has 1 saturated heterocycles. The Hall–Kier alpha value is -2.99. The SMILES string of the molecule is Cc1ccc(-n2ncc(C(C)NC3CCN(c4ccc5c(c4)OCO5)CC3)c2C)cc1. The Morgan fingerprint density at radius 2 is 1.68 bits per heavy atom. The Balaban J connectivity index is 1.20. The van der Waals surface area contributed by atoms with E-state index >= 15 is 0 Å². The van der Waals surface area contributed by atoms with Crippen LogP contribution in [0.4, 0.5) is 5.69 Å². The van der Waals surface area contributed by atoms with Crippen LogP contribution in [0.1, 0.15) is 42.6 Å². The highest BCUT2D eigenvalue weighted by Crippen LogP contribution is 2.36. The molecule has 3 aromatic rings. The van der Waals surface area contributed by atoms with Crippen LogP contribution in [0.5, 0.6) is 11.5 Å². The molecule has 0 saturated carbocycles. The van der Waals surface area contributed by atoms with Crippen LogP contribution in [-0.4, -0.2) is 35.7 Å². The van der Waals surface area contributed by atoms with Crippen LogP contribution in [-0.2, 0) is 0 Å². The fourth-order valence-corrected chi connectivity index (χ4v) is 4.62. The van der Waals surface area contributed by atoms with Gasteiger partial charge in [-0.15, -0.1) is 0 Å². The molecule has 5 rings (SSSR count). The second-order valence-corrected chi connectivity index (χ2v) is 8.62. The monoisotopic (exact) mass is 418 g/mol. The predicted octanol–water partition coefficient (Wildman–Crippen LogP) is 4.54. The van der Waals surface area contributed by atoms with E-state index in [4.69, 9.17) is 9.47 Å². The van der Waals surface area contributed by atoms with Crippen LogP contribution in [0.3, 0.4) is 0 Å². The molecule has 0 aliphatic carbocycles. The molecule has 6 heteroatoms. The zero-order valence-corrected chi connectivity index (χ0v) is 18.5. The van der Waals surface area contributed by atoms with E-state index in [1.807, 2.05) is 16.9 Å². The van der Waals surface area contributed by atoms with Gasteiger partial charge in [-0.3, -0.25) is 0 Å². The Morgan fingerprint density at radius 3 is 2.45 bits per heavy atom. The number of aromatic nitrogens is 2. The topological polar surface area (TPSA) is 51.6 Å². The Kier molecular flexibility index (Phi) is 5.32. The molecule has 1 fully saturated rings. The molecule has 2 aliphatic rings. The van der Waals surface area contributed by atoms with Gasteiger partial charge in [-0.05, 0) is 57.9 Å². The largest absolute Gasteiger partial charge is 0.454 e. The van der Waals surface area contributed by atoms with E-state index in [0.717, 1.165) is 43.1 Å². The molecule has 0 radical (unpaired) electrons. The van der Waals surface area contributed by atoms with E-state index in [2.05, 4.69) is 72.5 Å². The van der Waals surface area contributed by atoms with Crippen molar-refractivity contribution in [3.8, 4) is 17.2 Å². The highest BCUT2D eigenvalue weighted by Gasteiger charge is 2.24. The summed E-state index contributed by atoms with van der Waals surface area (Å²) in [6, 6.07) is 15.5. The number of hydrogen-bond acceptors (Lipinski definition) is 5. The van der Waals surface area contributed by atoms with E-state index < -0.39 is 0 Å². The first kappa shape index (κ1) is 19.9. The summed E-state index contributed by atoms with van der Waals surface area (Å²) < 4.78 is 13.0. The summed E-state index contributed by atoms with van der Waals surface area (Å²) >= 11 is 0. The van der Waals surface area contributed by atoms with E-state index in [-0.39, 0.29) is 6.04 Å². The third-order valence-corrected chi connectivity index (χ3v) is 6.49. The molecule has 1 atom stereocenters. The molecule has 0 amide bonds. The number of rotatable bonds is 5. The highest BCUT2D eigenvalue weighted by atomic mass is 16.7. The smallest absolute Gasteiger partial charge is 0.231 e. The lowest BCUT2D eigenvalue weighted by Crippen LogP contribution is -2.43. The maximum Gasteiger partial charge on any atom is 0.231 e. The van der Waals surface area contributed by atoms with Gasteiger partial charge in [-0.1, -0.05) is 17.7 Å². The molecule has 3 heterocycles. The molecule has 1 unspecified atom stereocenters. The van der Waals surface area contributed by atoms with Gasteiger partial charge in [0.25, 0.3) is 0 Å². The average Bonchev–Trinajstić information content (AvgIpc) is 3.41. The summed E-state index contributed by atoms with van der Waals surface area (Å²) in [5.74, 6) is 1.70. The minimum Gasteiger partial charge on any atom is -0.454 e. The van der Waals surface area contributed by atoms with E-state index in [9.17, 15) is 0 Å². The minimum atomic E-state index is 0.265. The van der Waals surface area contributed by atoms with Crippen molar-refractivity contribution in [2.45, 2.75) is 45.7 Å². The first-order valence-electron chi connectivity index (χ1n) is 11.1. The van der Waals surface area contributed by atoms with Crippen molar-refractivity contribution in [1.82, 2.24) is 15.1 Å². The zero-order valence-electron chi connectivity index (χ0n) is 18.5. The zero-order chi connectivity index (χ0) is 21.4. The molecular formula is C25H30N4O2. The third kappa shape index (κ3) is 4.00. The van der Waals surface area contributed by atoms with Gasteiger partial charge in [0.2, 0.25) is 6.79 Å². The van der Waals surface area contributed by atoms with Crippen LogP contribution < -0.4 is 19.7 Å². The number of piperidine rings is 1. The molecule has 2 aromatic carbocycles. The number of ether oxygens (including phenoxy) is 2. The van der Waals surface area contributed by atoms with Gasteiger partial charge in [0.15, 0.2) is 11.5 Å². The van der Waals surface area contributed by atoms with Gasteiger partial charge in [0.05, 0.1) is 11.9 Å². The van der Waals surface area contributed by atoms with Crippen molar-refractivity contribution in [3.63, 3.8) is 0 Å². The van der Waals surface area contributed by atoms with Gasteiger partial charge < -0.3 is 19.7 Å². The van der Waals surface area contributed by atoms with Crippen LogP contribution in [0.25, 0.3) is 5.69 Å². The molecular weight excluding hydrogens is 388 g/mol. The van der Waals surface area contributed by atoms with Crippen molar-refractivity contribution in [2.24, 2.45) is 0 Å². The first-order chi connectivity index (χ1) is 15.1. The molecule has 31 heavy (non-hydrogen) atoms. The normalized spacial score (nSPS) is 17.2. The number of aryl methyl sites for hydroxylation is 1. The van der Waals surface area contributed by atoms with Gasteiger partial charge in [0, 0.05) is 48.2 Å². The average molecular weight is 419 g/mol. The molecule has 1 aromatic heterocycles. The van der Waals surface area contributed by atoms with Crippen molar-refractivity contribution in [2.75, 3.05) is 24.8 Å². The number of nitrogens with one attached hydrogen (secondary N) is 1. The lowest BCUT2D eigenvalue weighted by molar-refractivity contribution is 0.174. The van der Waals surface area contributed by atoms with Crippen LogP contribution in [0.2, 0.25) is 0 Å². The summed E-state index contributed by atoms with van der Waals surface area (Å²) in [5, 5.41) is 8.50. The van der Waals surface area contributed by atoms with Crippen molar-refractivity contribution >= 4 is 5.69 Å². The molecule has 1 N–H and O–H groups in total. The lowest BCUT2D eigenvalue weighted by atomic mass is 10.0. The van der Waals surface area contributed by atoms with Gasteiger partial charge >= 0.3 is 0 Å². The fourth-order valence-electron chi connectivity index (χ4n) is 4.62. The quantitative estimate of drug-likeness (QED) is 0.659. The lowest BCUT2D eigenvalue weighted by Gasteiger charge is -2.35. The summed E-state index contributed by atoms with van der Waals surface area (Å²) in [6.45, 7) is 8.89. The van der Waals surface area contributed by atoms with Crippen LogP contribution in [0, 0.1) is 13.8 Å². The summed E-state index contributed by atoms with van der Waals surface area (Å²) in [4.78, 5) is 2.44. The fraction of sp³-hybridized carbons (Fsp3) is 0.400. The number of benzene rings is 2. The first-order valence-corrected chi connectivity index (χ1v) is 11.1.